The minimum atomic E-state index is -0.453. The maximum Gasteiger partial charge on any atom is 0.0954 e. The number of aromatic nitrogens is 1. The lowest BCUT2D eigenvalue weighted by Crippen LogP contribution is -2.04. The Labute approximate surface area is 99.6 Å². The van der Waals surface area contributed by atoms with E-state index in [9.17, 15) is 5.11 Å². The van der Waals surface area contributed by atoms with E-state index < -0.39 is 6.10 Å². The van der Waals surface area contributed by atoms with E-state index in [2.05, 4.69) is 24.9 Å². The highest BCUT2D eigenvalue weighted by atomic mass is 32.1. The van der Waals surface area contributed by atoms with Gasteiger partial charge in [-0.3, -0.25) is 0 Å². The first-order chi connectivity index (χ1) is 7.68. The maximum atomic E-state index is 10.2. The Hall–Kier alpha value is -1.19. The summed E-state index contributed by atoms with van der Waals surface area (Å²) in [6.07, 6.45) is 1.92. The van der Waals surface area contributed by atoms with Crippen LogP contribution in [0.5, 0.6) is 0 Å². The van der Waals surface area contributed by atoms with Gasteiger partial charge in [0.2, 0.25) is 0 Å². The molecule has 84 valence electrons. The van der Waals surface area contributed by atoms with Gasteiger partial charge in [-0.1, -0.05) is 18.2 Å². The maximum absolute atomic E-state index is 10.2. The van der Waals surface area contributed by atoms with Gasteiger partial charge in [0, 0.05) is 18.0 Å². The first-order valence-electron chi connectivity index (χ1n) is 5.31. The Morgan fingerprint density at radius 1 is 1.38 bits per heavy atom. The number of nitrogens with zero attached hydrogens (tertiary/aromatic N) is 1. The van der Waals surface area contributed by atoms with Gasteiger partial charge in [-0.25, -0.2) is 4.98 Å². The van der Waals surface area contributed by atoms with Crippen molar-refractivity contribution in [2.24, 2.45) is 0 Å². The van der Waals surface area contributed by atoms with Crippen LogP contribution in [0.25, 0.3) is 0 Å². The molecule has 0 bridgehead atoms. The van der Waals surface area contributed by atoms with E-state index in [1.165, 1.54) is 11.1 Å². The number of benzene rings is 1. The van der Waals surface area contributed by atoms with Crippen LogP contribution < -0.4 is 0 Å². The van der Waals surface area contributed by atoms with E-state index in [0.717, 1.165) is 10.6 Å². The lowest BCUT2D eigenvalue weighted by atomic mass is 9.98. The Balaban J connectivity index is 2.21. The zero-order chi connectivity index (χ0) is 11.5. The van der Waals surface area contributed by atoms with Gasteiger partial charge in [-0.05, 0) is 30.5 Å². The second-order valence-corrected chi connectivity index (χ2v) is 4.91. The average Bonchev–Trinajstić information content (AvgIpc) is 2.74. The van der Waals surface area contributed by atoms with Crippen molar-refractivity contribution >= 4 is 11.3 Å². The van der Waals surface area contributed by atoms with Crippen molar-refractivity contribution in [1.82, 2.24) is 4.98 Å². The fourth-order valence-corrected chi connectivity index (χ4v) is 2.42. The molecule has 1 aromatic carbocycles. The summed E-state index contributed by atoms with van der Waals surface area (Å²) in [7, 11) is 0. The molecule has 0 spiro atoms. The topological polar surface area (TPSA) is 33.1 Å². The van der Waals surface area contributed by atoms with Crippen molar-refractivity contribution < 1.29 is 5.11 Å². The molecule has 3 heteroatoms. The lowest BCUT2D eigenvalue weighted by Gasteiger charge is -2.14. The summed E-state index contributed by atoms with van der Waals surface area (Å²) >= 11 is 1.58. The monoisotopic (exact) mass is 233 g/mol. The molecule has 0 aliphatic carbocycles. The van der Waals surface area contributed by atoms with E-state index >= 15 is 0 Å². The van der Waals surface area contributed by atoms with Crippen molar-refractivity contribution in [3.8, 4) is 0 Å². The molecule has 0 saturated carbocycles. The van der Waals surface area contributed by atoms with Gasteiger partial charge in [0.25, 0.3) is 0 Å². The van der Waals surface area contributed by atoms with Gasteiger partial charge in [-0.2, -0.15) is 0 Å². The molecular weight excluding hydrogens is 218 g/mol. The summed E-state index contributed by atoms with van der Waals surface area (Å²) < 4.78 is 0. The summed E-state index contributed by atoms with van der Waals surface area (Å²) in [4.78, 5) is 4.19. The summed E-state index contributed by atoms with van der Waals surface area (Å²) in [5.41, 5.74) is 3.40. The molecule has 2 rings (SSSR count). The molecule has 16 heavy (non-hydrogen) atoms. The van der Waals surface area contributed by atoms with Crippen LogP contribution in [-0.4, -0.2) is 10.1 Å². The highest BCUT2D eigenvalue weighted by Gasteiger charge is 2.13. The molecule has 0 aliphatic rings. The van der Waals surface area contributed by atoms with E-state index in [1.807, 2.05) is 17.5 Å². The summed E-state index contributed by atoms with van der Waals surface area (Å²) in [6, 6.07) is 6.04. The standard InChI is InChI=1S/C13H15NOS/c1-9-4-3-5-11(10(9)2)12(15)8-13-14-6-7-16-13/h3-7,12,15H,8H2,1-2H3. The van der Waals surface area contributed by atoms with Crippen LogP contribution in [0.2, 0.25) is 0 Å². The number of hydrogen-bond acceptors (Lipinski definition) is 3. The molecule has 0 amide bonds. The van der Waals surface area contributed by atoms with Crippen molar-refractivity contribution in [1.29, 1.82) is 0 Å². The minimum Gasteiger partial charge on any atom is -0.388 e. The van der Waals surface area contributed by atoms with E-state index in [0.29, 0.717) is 6.42 Å². The Kier molecular flexibility index (Phi) is 3.36. The molecule has 0 fully saturated rings. The highest BCUT2D eigenvalue weighted by Crippen LogP contribution is 2.24. The largest absolute Gasteiger partial charge is 0.388 e. The molecule has 0 aliphatic heterocycles. The molecule has 0 radical (unpaired) electrons. The highest BCUT2D eigenvalue weighted by molar-refractivity contribution is 7.09. The molecule has 1 unspecified atom stereocenters. The third-order valence-electron chi connectivity index (χ3n) is 2.86. The van der Waals surface area contributed by atoms with E-state index in [1.54, 1.807) is 17.5 Å². The Bertz CT molecular complexity index is 465. The van der Waals surface area contributed by atoms with Crippen molar-refractivity contribution in [3.63, 3.8) is 0 Å². The number of rotatable bonds is 3. The SMILES string of the molecule is Cc1cccc(C(O)Cc2nccs2)c1C. The van der Waals surface area contributed by atoms with Gasteiger partial charge in [0.05, 0.1) is 11.1 Å². The predicted octanol–water partition coefficient (Wildman–Crippen LogP) is 3.04. The fourth-order valence-electron chi connectivity index (χ4n) is 1.76. The molecular formula is C13H15NOS. The number of hydrogen-bond donors (Lipinski definition) is 1. The van der Waals surface area contributed by atoms with Gasteiger partial charge in [0.1, 0.15) is 0 Å². The molecule has 1 heterocycles. The number of aliphatic hydroxyl groups is 1. The quantitative estimate of drug-likeness (QED) is 0.884. The lowest BCUT2D eigenvalue weighted by molar-refractivity contribution is 0.177. The second kappa shape index (κ2) is 4.76. The van der Waals surface area contributed by atoms with Crippen molar-refractivity contribution in [3.05, 3.63) is 51.5 Å². The Morgan fingerprint density at radius 3 is 2.88 bits per heavy atom. The summed E-state index contributed by atoms with van der Waals surface area (Å²) in [6.45, 7) is 4.12. The molecule has 2 nitrogen and oxygen atoms in total. The van der Waals surface area contributed by atoms with Gasteiger partial charge in [-0.15, -0.1) is 11.3 Å². The van der Waals surface area contributed by atoms with Crippen LogP contribution in [0.15, 0.2) is 29.8 Å². The number of aryl methyl sites for hydroxylation is 1. The fraction of sp³-hybridized carbons (Fsp3) is 0.308. The van der Waals surface area contributed by atoms with Crippen LogP contribution in [0.4, 0.5) is 0 Å². The normalized spacial score (nSPS) is 12.7. The molecule has 1 N–H and O–H groups in total. The van der Waals surface area contributed by atoms with Gasteiger partial charge < -0.3 is 5.11 Å². The Morgan fingerprint density at radius 2 is 2.19 bits per heavy atom. The summed E-state index contributed by atoms with van der Waals surface area (Å²) in [5, 5.41) is 13.1. The first-order valence-corrected chi connectivity index (χ1v) is 6.19. The number of thiazole rings is 1. The zero-order valence-electron chi connectivity index (χ0n) is 9.47. The molecule has 1 aromatic heterocycles. The second-order valence-electron chi connectivity index (χ2n) is 3.93. The van der Waals surface area contributed by atoms with Gasteiger partial charge >= 0.3 is 0 Å². The van der Waals surface area contributed by atoms with E-state index in [-0.39, 0.29) is 0 Å². The van der Waals surface area contributed by atoms with Crippen LogP contribution in [0.1, 0.15) is 27.8 Å². The van der Waals surface area contributed by atoms with Crippen molar-refractivity contribution in [2.45, 2.75) is 26.4 Å². The van der Waals surface area contributed by atoms with Gasteiger partial charge in [0.15, 0.2) is 0 Å². The third-order valence-corrected chi connectivity index (χ3v) is 3.66. The van der Waals surface area contributed by atoms with Crippen LogP contribution in [0, 0.1) is 13.8 Å². The number of aliphatic hydroxyl groups excluding tert-OH is 1. The first kappa shape index (κ1) is 11.3. The molecule has 1 atom stereocenters. The molecule has 0 saturated heterocycles. The van der Waals surface area contributed by atoms with Crippen LogP contribution in [-0.2, 0) is 6.42 Å². The smallest absolute Gasteiger partial charge is 0.0954 e. The molecule has 2 aromatic rings. The third kappa shape index (κ3) is 2.31. The average molecular weight is 233 g/mol. The van der Waals surface area contributed by atoms with Crippen LogP contribution >= 0.6 is 11.3 Å². The van der Waals surface area contributed by atoms with Crippen LogP contribution in [0.3, 0.4) is 0 Å². The summed E-state index contributed by atoms with van der Waals surface area (Å²) in [5.74, 6) is 0. The predicted molar refractivity (Wildman–Crippen MR) is 66.7 cm³/mol. The van der Waals surface area contributed by atoms with E-state index in [4.69, 9.17) is 0 Å². The minimum absolute atomic E-state index is 0.453. The zero-order valence-corrected chi connectivity index (χ0v) is 10.3. The van der Waals surface area contributed by atoms with Crippen molar-refractivity contribution in [2.75, 3.05) is 0 Å².